The van der Waals surface area contributed by atoms with E-state index in [1.807, 2.05) is 44.2 Å². The highest BCUT2D eigenvalue weighted by Crippen LogP contribution is 2.19. The molecule has 2 rings (SSSR count). The highest BCUT2D eigenvalue weighted by molar-refractivity contribution is 9.10. The lowest BCUT2D eigenvalue weighted by atomic mass is 10.0. The molecule has 0 aliphatic heterocycles. The van der Waals surface area contributed by atoms with Crippen molar-refractivity contribution in [3.05, 3.63) is 63.6 Å². The van der Waals surface area contributed by atoms with Crippen LogP contribution in [0.15, 0.2) is 46.9 Å². The van der Waals surface area contributed by atoms with E-state index < -0.39 is 0 Å². The van der Waals surface area contributed by atoms with E-state index in [9.17, 15) is 4.79 Å². The second-order valence-electron chi connectivity index (χ2n) is 6.12. The standard InChI is InChI=1S/C20H25BrN2O/c1-4-5-6-16-7-12-19(14(2)13-16)23-20(24)22-15(3)17-8-10-18(21)11-9-17/h7-13,15H,4-6H2,1-3H3,(H2,22,23,24). The molecule has 3 nitrogen and oxygen atoms in total. The molecule has 2 amide bonds. The van der Waals surface area contributed by atoms with Crippen LogP contribution in [-0.2, 0) is 6.42 Å². The lowest BCUT2D eigenvalue weighted by molar-refractivity contribution is 0.249. The van der Waals surface area contributed by atoms with Crippen molar-refractivity contribution in [1.82, 2.24) is 5.32 Å². The fourth-order valence-electron chi connectivity index (χ4n) is 2.59. The largest absolute Gasteiger partial charge is 0.331 e. The zero-order valence-corrected chi connectivity index (χ0v) is 16.1. The van der Waals surface area contributed by atoms with Crippen molar-refractivity contribution in [2.45, 2.75) is 46.1 Å². The maximum absolute atomic E-state index is 12.2. The van der Waals surface area contributed by atoms with Gasteiger partial charge in [0.25, 0.3) is 0 Å². The Morgan fingerprint density at radius 2 is 1.88 bits per heavy atom. The summed E-state index contributed by atoms with van der Waals surface area (Å²) in [5.74, 6) is 0. The van der Waals surface area contributed by atoms with Gasteiger partial charge in [0.1, 0.15) is 0 Å². The molecule has 1 unspecified atom stereocenters. The number of aryl methyl sites for hydroxylation is 2. The van der Waals surface area contributed by atoms with Crippen molar-refractivity contribution in [2.75, 3.05) is 5.32 Å². The molecule has 0 heterocycles. The summed E-state index contributed by atoms with van der Waals surface area (Å²) in [5.41, 5.74) is 4.34. The summed E-state index contributed by atoms with van der Waals surface area (Å²) >= 11 is 3.42. The van der Waals surface area contributed by atoms with Crippen LogP contribution in [-0.4, -0.2) is 6.03 Å². The Hall–Kier alpha value is -1.81. The average molecular weight is 389 g/mol. The van der Waals surface area contributed by atoms with E-state index in [4.69, 9.17) is 0 Å². The van der Waals surface area contributed by atoms with E-state index in [1.165, 1.54) is 18.4 Å². The number of anilines is 1. The lowest BCUT2D eigenvalue weighted by Crippen LogP contribution is -2.31. The Morgan fingerprint density at radius 1 is 1.17 bits per heavy atom. The molecule has 2 N–H and O–H groups in total. The Bertz CT molecular complexity index is 683. The number of carbonyl (C=O) groups excluding carboxylic acids is 1. The molecule has 0 saturated heterocycles. The van der Waals surface area contributed by atoms with Gasteiger partial charge in [-0.05, 0) is 61.6 Å². The second kappa shape index (κ2) is 8.88. The van der Waals surface area contributed by atoms with Gasteiger partial charge >= 0.3 is 6.03 Å². The fraction of sp³-hybridized carbons (Fsp3) is 0.350. The monoisotopic (exact) mass is 388 g/mol. The Kier molecular flexibility index (Phi) is 6.85. The minimum Gasteiger partial charge on any atom is -0.331 e. The normalized spacial score (nSPS) is 11.8. The van der Waals surface area contributed by atoms with Crippen LogP contribution in [0.5, 0.6) is 0 Å². The molecular formula is C20H25BrN2O. The third-order valence-electron chi connectivity index (χ3n) is 4.08. The predicted octanol–water partition coefficient (Wildman–Crippen LogP) is 5.98. The van der Waals surface area contributed by atoms with Gasteiger partial charge in [0, 0.05) is 10.2 Å². The fourth-order valence-corrected chi connectivity index (χ4v) is 2.86. The highest BCUT2D eigenvalue weighted by Gasteiger charge is 2.10. The molecule has 0 radical (unpaired) electrons. The third kappa shape index (κ3) is 5.38. The van der Waals surface area contributed by atoms with E-state index in [0.717, 1.165) is 27.7 Å². The van der Waals surface area contributed by atoms with Gasteiger partial charge in [0.05, 0.1) is 6.04 Å². The number of hydrogen-bond acceptors (Lipinski definition) is 1. The number of nitrogens with one attached hydrogen (secondary N) is 2. The van der Waals surface area contributed by atoms with Gasteiger partial charge in [0.2, 0.25) is 0 Å². The molecule has 1 atom stereocenters. The van der Waals surface area contributed by atoms with Crippen LogP contribution < -0.4 is 10.6 Å². The quantitative estimate of drug-likeness (QED) is 0.627. The molecule has 0 aliphatic rings. The molecule has 0 bridgehead atoms. The summed E-state index contributed by atoms with van der Waals surface area (Å²) in [6.07, 6.45) is 3.47. The number of urea groups is 1. The van der Waals surface area contributed by atoms with Crippen LogP contribution in [0.2, 0.25) is 0 Å². The first-order valence-electron chi connectivity index (χ1n) is 8.42. The minimum absolute atomic E-state index is 0.0535. The first kappa shape index (κ1) is 18.5. The van der Waals surface area contributed by atoms with Crippen molar-refractivity contribution < 1.29 is 4.79 Å². The SMILES string of the molecule is CCCCc1ccc(NC(=O)NC(C)c2ccc(Br)cc2)c(C)c1. The zero-order valence-electron chi connectivity index (χ0n) is 14.5. The van der Waals surface area contributed by atoms with E-state index in [0.29, 0.717) is 0 Å². The number of amides is 2. The first-order valence-corrected chi connectivity index (χ1v) is 9.21. The van der Waals surface area contributed by atoms with Crippen molar-refractivity contribution in [3.8, 4) is 0 Å². The summed E-state index contributed by atoms with van der Waals surface area (Å²) in [4.78, 5) is 12.2. The Balaban J connectivity index is 1.95. The van der Waals surface area contributed by atoms with Gasteiger partial charge in [-0.1, -0.05) is 53.5 Å². The van der Waals surface area contributed by atoms with Crippen LogP contribution >= 0.6 is 15.9 Å². The van der Waals surface area contributed by atoms with Gasteiger partial charge in [-0.15, -0.1) is 0 Å². The number of rotatable bonds is 6. The summed E-state index contributed by atoms with van der Waals surface area (Å²) in [6.45, 7) is 6.20. The number of benzene rings is 2. The lowest BCUT2D eigenvalue weighted by Gasteiger charge is -2.16. The first-order chi connectivity index (χ1) is 11.5. The number of hydrogen-bond donors (Lipinski definition) is 2. The van der Waals surface area contributed by atoms with Gasteiger partial charge < -0.3 is 10.6 Å². The maximum Gasteiger partial charge on any atom is 0.319 e. The molecule has 4 heteroatoms. The van der Waals surface area contributed by atoms with Crippen LogP contribution in [0.25, 0.3) is 0 Å². The predicted molar refractivity (Wildman–Crippen MR) is 105 cm³/mol. The maximum atomic E-state index is 12.2. The summed E-state index contributed by atoms with van der Waals surface area (Å²) < 4.78 is 1.03. The molecule has 2 aromatic carbocycles. The van der Waals surface area contributed by atoms with E-state index in [2.05, 4.69) is 45.6 Å². The summed E-state index contributed by atoms with van der Waals surface area (Å²) in [7, 11) is 0. The Labute approximate surface area is 153 Å². The molecule has 2 aromatic rings. The summed E-state index contributed by atoms with van der Waals surface area (Å²) in [6, 6.07) is 14.0. The highest BCUT2D eigenvalue weighted by atomic mass is 79.9. The summed E-state index contributed by atoms with van der Waals surface area (Å²) in [5, 5.41) is 5.92. The van der Waals surface area contributed by atoms with Crippen LogP contribution in [0, 0.1) is 6.92 Å². The zero-order chi connectivity index (χ0) is 17.5. The van der Waals surface area contributed by atoms with Gasteiger partial charge in [-0.2, -0.15) is 0 Å². The topological polar surface area (TPSA) is 41.1 Å². The smallest absolute Gasteiger partial charge is 0.319 e. The van der Waals surface area contributed by atoms with Crippen molar-refractivity contribution in [3.63, 3.8) is 0 Å². The van der Waals surface area contributed by atoms with Crippen LogP contribution in [0.1, 0.15) is 49.4 Å². The van der Waals surface area contributed by atoms with Gasteiger partial charge in [-0.25, -0.2) is 4.79 Å². The Morgan fingerprint density at radius 3 is 2.50 bits per heavy atom. The molecule has 0 saturated carbocycles. The second-order valence-corrected chi connectivity index (χ2v) is 7.04. The molecule has 0 fully saturated rings. The molecule has 0 spiro atoms. The average Bonchev–Trinajstić information content (AvgIpc) is 2.55. The number of carbonyl (C=O) groups is 1. The molecule has 0 aromatic heterocycles. The van der Waals surface area contributed by atoms with Crippen LogP contribution in [0.3, 0.4) is 0 Å². The number of halogens is 1. The van der Waals surface area contributed by atoms with Crippen molar-refractivity contribution in [1.29, 1.82) is 0 Å². The van der Waals surface area contributed by atoms with Gasteiger partial charge in [0.15, 0.2) is 0 Å². The van der Waals surface area contributed by atoms with Crippen molar-refractivity contribution >= 4 is 27.6 Å². The van der Waals surface area contributed by atoms with E-state index >= 15 is 0 Å². The molecule has 24 heavy (non-hydrogen) atoms. The van der Waals surface area contributed by atoms with E-state index in [-0.39, 0.29) is 12.1 Å². The number of unbranched alkanes of at least 4 members (excludes halogenated alkanes) is 1. The molecule has 0 aliphatic carbocycles. The van der Waals surface area contributed by atoms with Crippen LogP contribution in [0.4, 0.5) is 10.5 Å². The van der Waals surface area contributed by atoms with Gasteiger partial charge in [-0.3, -0.25) is 0 Å². The molecular weight excluding hydrogens is 364 g/mol. The minimum atomic E-state index is -0.185. The van der Waals surface area contributed by atoms with Crippen molar-refractivity contribution in [2.24, 2.45) is 0 Å². The third-order valence-corrected chi connectivity index (χ3v) is 4.60. The van der Waals surface area contributed by atoms with E-state index in [1.54, 1.807) is 0 Å². The molecule has 128 valence electrons.